The number of benzene rings is 1. The van der Waals surface area contributed by atoms with Crippen molar-refractivity contribution in [2.75, 3.05) is 24.2 Å². The van der Waals surface area contributed by atoms with E-state index in [1.54, 1.807) is 0 Å². The average Bonchev–Trinajstić information content (AvgIpc) is 2.75. The van der Waals surface area contributed by atoms with Crippen molar-refractivity contribution in [3.63, 3.8) is 0 Å². The van der Waals surface area contributed by atoms with Crippen molar-refractivity contribution in [1.82, 2.24) is 0 Å². The van der Waals surface area contributed by atoms with Gasteiger partial charge in [-0.2, -0.15) is 0 Å². The summed E-state index contributed by atoms with van der Waals surface area (Å²) in [6, 6.07) is 8.37. The smallest absolute Gasteiger partial charge is 0.0600 e. The lowest BCUT2D eigenvalue weighted by Gasteiger charge is -2.21. The minimum atomic E-state index is 0.853. The Labute approximate surface area is 113 Å². The van der Waals surface area contributed by atoms with Crippen LogP contribution in [0.15, 0.2) is 29.6 Å². The Kier molecular flexibility index (Phi) is 3.92. The summed E-state index contributed by atoms with van der Waals surface area (Å²) in [6.07, 6.45) is 1.08. The summed E-state index contributed by atoms with van der Waals surface area (Å²) in [7, 11) is 2.11. The van der Waals surface area contributed by atoms with Gasteiger partial charge in [-0.3, -0.25) is 0 Å². The Morgan fingerprint density at radius 3 is 2.67 bits per heavy atom. The summed E-state index contributed by atoms with van der Waals surface area (Å²) in [5, 5.41) is 2.16. The van der Waals surface area contributed by atoms with Crippen molar-refractivity contribution in [1.29, 1.82) is 0 Å². The van der Waals surface area contributed by atoms with E-state index in [0.29, 0.717) is 0 Å². The molecule has 0 saturated carbocycles. The number of aryl methyl sites for hydroxylation is 2. The second-order valence-corrected chi connectivity index (χ2v) is 5.76. The lowest BCUT2D eigenvalue weighted by Crippen LogP contribution is -2.21. The first-order valence-electron chi connectivity index (χ1n) is 6.18. The van der Waals surface area contributed by atoms with Gasteiger partial charge < -0.3 is 10.6 Å². The first kappa shape index (κ1) is 13.0. The Bertz CT molecular complexity index is 531. The van der Waals surface area contributed by atoms with Crippen LogP contribution in [-0.2, 0) is 6.42 Å². The number of anilines is 2. The van der Waals surface area contributed by atoms with Crippen LogP contribution in [0.1, 0.15) is 16.0 Å². The molecular weight excluding hydrogens is 240 g/mol. The topological polar surface area (TPSA) is 29.3 Å². The lowest BCUT2D eigenvalue weighted by atomic mass is 10.1. The van der Waals surface area contributed by atoms with E-state index >= 15 is 0 Å². The second kappa shape index (κ2) is 5.44. The fourth-order valence-electron chi connectivity index (χ4n) is 2.03. The number of nitrogens with zero attached hydrogens (tertiary/aromatic N) is 1. The van der Waals surface area contributed by atoms with Crippen molar-refractivity contribution < 1.29 is 0 Å². The van der Waals surface area contributed by atoms with Gasteiger partial charge in [0.05, 0.1) is 11.4 Å². The standard InChI is InChI=1S/C15H20N2S/c1-11-4-5-13(16)14(10-11)17(3)8-6-15-12(2)7-9-18-15/h4-5,7,9-10H,6,8,16H2,1-3H3. The number of hydrogen-bond acceptors (Lipinski definition) is 3. The highest BCUT2D eigenvalue weighted by atomic mass is 32.1. The lowest BCUT2D eigenvalue weighted by molar-refractivity contribution is 0.884. The van der Waals surface area contributed by atoms with Crippen molar-refractivity contribution in [2.45, 2.75) is 20.3 Å². The largest absolute Gasteiger partial charge is 0.397 e. The molecule has 0 aliphatic rings. The number of hydrogen-bond donors (Lipinski definition) is 1. The zero-order valence-corrected chi connectivity index (χ0v) is 12.1. The van der Waals surface area contributed by atoms with Crippen molar-refractivity contribution in [2.24, 2.45) is 0 Å². The quantitative estimate of drug-likeness (QED) is 0.851. The number of thiophene rings is 1. The zero-order chi connectivity index (χ0) is 13.1. The minimum absolute atomic E-state index is 0.853. The molecule has 2 N–H and O–H groups in total. The van der Waals surface area contributed by atoms with Gasteiger partial charge in [0.2, 0.25) is 0 Å². The summed E-state index contributed by atoms with van der Waals surface area (Å²) < 4.78 is 0. The summed E-state index contributed by atoms with van der Waals surface area (Å²) in [4.78, 5) is 3.70. The number of rotatable bonds is 4. The van der Waals surface area contributed by atoms with E-state index in [1.165, 1.54) is 16.0 Å². The van der Waals surface area contributed by atoms with E-state index in [4.69, 9.17) is 5.73 Å². The molecule has 2 aromatic rings. The van der Waals surface area contributed by atoms with Crippen LogP contribution >= 0.6 is 11.3 Å². The third-order valence-corrected chi connectivity index (χ3v) is 4.32. The molecule has 0 aliphatic heterocycles. The van der Waals surface area contributed by atoms with E-state index in [-0.39, 0.29) is 0 Å². The SMILES string of the molecule is Cc1ccc(N)c(N(C)CCc2sccc2C)c1. The highest BCUT2D eigenvalue weighted by molar-refractivity contribution is 7.10. The average molecular weight is 260 g/mol. The molecule has 0 amide bonds. The van der Waals surface area contributed by atoms with Gasteiger partial charge in [-0.05, 0) is 55.0 Å². The molecule has 1 heterocycles. The fraction of sp³-hybridized carbons (Fsp3) is 0.333. The Morgan fingerprint density at radius 1 is 1.22 bits per heavy atom. The molecule has 2 nitrogen and oxygen atoms in total. The van der Waals surface area contributed by atoms with Crippen molar-refractivity contribution >= 4 is 22.7 Å². The fourth-order valence-corrected chi connectivity index (χ4v) is 2.93. The molecule has 18 heavy (non-hydrogen) atoms. The Hall–Kier alpha value is -1.48. The van der Waals surface area contributed by atoms with Gasteiger partial charge in [-0.1, -0.05) is 6.07 Å². The third-order valence-electron chi connectivity index (χ3n) is 3.24. The van der Waals surface area contributed by atoms with Crippen molar-refractivity contribution in [3.8, 4) is 0 Å². The Morgan fingerprint density at radius 2 is 2.00 bits per heavy atom. The van der Waals surface area contributed by atoms with Gasteiger partial charge in [-0.15, -0.1) is 11.3 Å². The van der Waals surface area contributed by atoms with Crippen molar-refractivity contribution in [3.05, 3.63) is 45.6 Å². The van der Waals surface area contributed by atoms with Crippen LogP contribution in [0.5, 0.6) is 0 Å². The number of nitrogen functional groups attached to an aromatic ring is 1. The van der Waals surface area contributed by atoms with Crippen LogP contribution in [0.25, 0.3) is 0 Å². The van der Waals surface area contributed by atoms with Gasteiger partial charge in [-0.25, -0.2) is 0 Å². The molecule has 0 fully saturated rings. The third kappa shape index (κ3) is 2.85. The molecule has 1 aromatic carbocycles. The summed E-state index contributed by atoms with van der Waals surface area (Å²) >= 11 is 1.84. The van der Waals surface area contributed by atoms with Gasteiger partial charge in [0.1, 0.15) is 0 Å². The van der Waals surface area contributed by atoms with Crippen LogP contribution in [0, 0.1) is 13.8 Å². The maximum Gasteiger partial charge on any atom is 0.0600 e. The maximum atomic E-state index is 6.03. The number of likely N-dealkylation sites (N-methyl/N-ethyl adjacent to an activating group) is 1. The van der Waals surface area contributed by atoms with Crippen LogP contribution in [-0.4, -0.2) is 13.6 Å². The molecule has 96 valence electrons. The van der Waals surface area contributed by atoms with Gasteiger partial charge in [0.15, 0.2) is 0 Å². The Balaban J connectivity index is 2.06. The molecule has 1 aromatic heterocycles. The van der Waals surface area contributed by atoms with Crippen LogP contribution < -0.4 is 10.6 Å². The molecular formula is C15H20N2S. The molecule has 0 spiro atoms. The van der Waals surface area contributed by atoms with Gasteiger partial charge in [0.25, 0.3) is 0 Å². The summed E-state index contributed by atoms with van der Waals surface area (Å²) in [5.74, 6) is 0. The van der Waals surface area contributed by atoms with E-state index in [2.05, 4.69) is 49.4 Å². The predicted molar refractivity (Wildman–Crippen MR) is 81.6 cm³/mol. The summed E-state index contributed by atoms with van der Waals surface area (Å²) in [6.45, 7) is 5.27. The number of nitrogens with two attached hydrogens (primary N) is 1. The molecule has 0 atom stereocenters. The molecule has 2 rings (SSSR count). The van der Waals surface area contributed by atoms with Crippen LogP contribution in [0.4, 0.5) is 11.4 Å². The molecule has 0 saturated heterocycles. The highest BCUT2D eigenvalue weighted by Gasteiger charge is 2.07. The van der Waals surface area contributed by atoms with E-state index < -0.39 is 0 Å². The second-order valence-electron chi connectivity index (χ2n) is 4.76. The first-order chi connectivity index (χ1) is 8.58. The van der Waals surface area contributed by atoms with E-state index in [0.717, 1.165) is 24.3 Å². The van der Waals surface area contributed by atoms with Crippen LogP contribution in [0.2, 0.25) is 0 Å². The molecule has 0 bridgehead atoms. The molecule has 3 heteroatoms. The maximum absolute atomic E-state index is 6.03. The van der Waals surface area contributed by atoms with Gasteiger partial charge in [0, 0.05) is 18.5 Å². The monoisotopic (exact) mass is 260 g/mol. The highest BCUT2D eigenvalue weighted by Crippen LogP contribution is 2.24. The van der Waals surface area contributed by atoms with E-state index in [9.17, 15) is 0 Å². The predicted octanol–water partition coefficient (Wildman–Crippen LogP) is 3.63. The first-order valence-corrected chi connectivity index (χ1v) is 7.06. The van der Waals surface area contributed by atoms with Gasteiger partial charge >= 0.3 is 0 Å². The molecule has 0 aliphatic carbocycles. The molecule has 0 radical (unpaired) electrons. The van der Waals surface area contributed by atoms with Crippen LogP contribution in [0.3, 0.4) is 0 Å². The van der Waals surface area contributed by atoms with E-state index in [1.807, 2.05) is 17.4 Å². The molecule has 0 unspecified atom stereocenters. The minimum Gasteiger partial charge on any atom is -0.397 e. The zero-order valence-electron chi connectivity index (χ0n) is 11.2. The summed E-state index contributed by atoms with van der Waals surface area (Å²) in [5.41, 5.74) is 10.7. The normalized spacial score (nSPS) is 10.6.